The van der Waals surface area contributed by atoms with E-state index in [0.717, 1.165) is 18.8 Å². The van der Waals surface area contributed by atoms with Gasteiger partial charge in [0.1, 0.15) is 5.56 Å². The highest BCUT2D eigenvalue weighted by molar-refractivity contribution is 6.40. The molecule has 0 saturated heterocycles. The number of carbonyl (C=O) groups is 1. The van der Waals surface area contributed by atoms with Crippen LogP contribution < -0.4 is 15.4 Å². The molecule has 2 N–H and O–H groups in total. The molecule has 1 aromatic heterocycles. The van der Waals surface area contributed by atoms with Crippen molar-refractivity contribution in [3.8, 4) is 5.88 Å². The van der Waals surface area contributed by atoms with Gasteiger partial charge >= 0.3 is 0 Å². The fourth-order valence-electron chi connectivity index (χ4n) is 4.23. The molecule has 2 heterocycles. The highest BCUT2D eigenvalue weighted by Gasteiger charge is 2.30. The predicted molar refractivity (Wildman–Crippen MR) is 132 cm³/mol. The average Bonchev–Trinajstić information content (AvgIpc) is 2.75. The van der Waals surface area contributed by atoms with E-state index < -0.39 is 5.91 Å². The minimum Gasteiger partial charge on any atom is -0.480 e. The lowest BCUT2D eigenvalue weighted by Gasteiger charge is -2.38. The quantitative estimate of drug-likeness (QED) is 0.495. The topological polar surface area (TPSA) is 79.4 Å². The van der Waals surface area contributed by atoms with Crippen LogP contribution in [0.15, 0.2) is 42.6 Å². The highest BCUT2D eigenvalue weighted by Crippen LogP contribution is 2.35. The zero-order valence-electron chi connectivity index (χ0n) is 18.9. The van der Waals surface area contributed by atoms with E-state index in [1.165, 1.54) is 24.4 Å². The van der Waals surface area contributed by atoms with Crippen LogP contribution in [-0.4, -0.2) is 41.5 Å². The van der Waals surface area contributed by atoms with Gasteiger partial charge in [-0.1, -0.05) is 49.2 Å². The van der Waals surface area contributed by atoms with E-state index in [0.29, 0.717) is 21.7 Å². The molecule has 1 aliphatic rings. The van der Waals surface area contributed by atoms with Crippen molar-refractivity contribution in [1.29, 1.82) is 0 Å². The first kappa shape index (κ1) is 23.3. The molecule has 1 aliphatic heterocycles. The lowest BCUT2D eigenvalue weighted by atomic mass is 9.78. The second-order valence-corrected chi connectivity index (χ2v) is 9.53. The van der Waals surface area contributed by atoms with Crippen molar-refractivity contribution in [1.82, 2.24) is 14.9 Å². The molecule has 0 unspecified atom stereocenters. The molecule has 33 heavy (non-hydrogen) atoms. The number of hydrogen-bond acceptors (Lipinski definition) is 6. The van der Waals surface area contributed by atoms with E-state index in [2.05, 4.69) is 58.5 Å². The van der Waals surface area contributed by atoms with Gasteiger partial charge in [0.25, 0.3) is 5.91 Å². The van der Waals surface area contributed by atoms with E-state index in [4.69, 9.17) is 27.9 Å². The number of para-hydroxylation sites is 1. The Labute approximate surface area is 203 Å². The minimum atomic E-state index is -0.479. The standard InChI is InChI=1S/C24H25Cl2N5O2/c1-24(2)13-31(3)12-14-10-15(8-9-17(14)24)28-23-27-11-16(22(30-23)33-4)21(32)29-20-18(25)6-5-7-19(20)26/h5-11H,12-13H2,1-4H3,(H,29,32)(H,27,28,30). The Kier molecular flexibility index (Phi) is 6.47. The molecule has 0 spiro atoms. The van der Waals surface area contributed by atoms with Gasteiger partial charge in [0.2, 0.25) is 11.8 Å². The van der Waals surface area contributed by atoms with Crippen LogP contribution >= 0.6 is 23.2 Å². The number of anilines is 3. The molecule has 172 valence electrons. The van der Waals surface area contributed by atoms with E-state index in [1.54, 1.807) is 18.2 Å². The number of hydrogen-bond donors (Lipinski definition) is 2. The minimum absolute atomic E-state index is 0.0835. The summed E-state index contributed by atoms with van der Waals surface area (Å²) in [6.45, 7) is 6.39. The normalized spacial score (nSPS) is 15.0. The molecule has 9 heteroatoms. The van der Waals surface area contributed by atoms with Crippen molar-refractivity contribution in [2.24, 2.45) is 0 Å². The maximum Gasteiger partial charge on any atom is 0.262 e. The monoisotopic (exact) mass is 485 g/mol. The molecule has 0 aliphatic carbocycles. The molecule has 0 bridgehead atoms. The number of rotatable bonds is 5. The van der Waals surface area contributed by atoms with E-state index in [1.807, 2.05) is 6.07 Å². The van der Waals surface area contributed by atoms with Crippen molar-refractivity contribution < 1.29 is 9.53 Å². The molecule has 1 amide bonds. The summed E-state index contributed by atoms with van der Waals surface area (Å²) >= 11 is 12.3. The number of amides is 1. The SMILES string of the molecule is COc1nc(Nc2ccc3c(c2)CN(C)CC3(C)C)ncc1C(=O)Nc1c(Cl)cccc1Cl. The number of methoxy groups -OCH3 is 1. The second kappa shape index (κ2) is 9.17. The van der Waals surface area contributed by atoms with Crippen molar-refractivity contribution >= 4 is 46.4 Å². The smallest absolute Gasteiger partial charge is 0.262 e. The van der Waals surface area contributed by atoms with Gasteiger partial charge in [0, 0.05) is 30.4 Å². The molecule has 0 radical (unpaired) electrons. The third kappa shape index (κ3) is 4.90. The molecule has 0 saturated carbocycles. The van der Waals surface area contributed by atoms with Gasteiger partial charge in [-0.2, -0.15) is 4.98 Å². The van der Waals surface area contributed by atoms with Crippen molar-refractivity contribution in [2.75, 3.05) is 31.3 Å². The van der Waals surface area contributed by atoms with Crippen LogP contribution in [0.5, 0.6) is 5.88 Å². The molecule has 0 fully saturated rings. The maximum atomic E-state index is 12.8. The van der Waals surface area contributed by atoms with E-state index in [-0.39, 0.29) is 16.9 Å². The first-order chi connectivity index (χ1) is 15.7. The number of fused-ring (bicyclic) bond motifs is 1. The zero-order chi connectivity index (χ0) is 23.8. The number of halogens is 2. The van der Waals surface area contributed by atoms with Gasteiger partial charge in [0.05, 0.1) is 22.8 Å². The summed E-state index contributed by atoms with van der Waals surface area (Å²) in [4.78, 5) is 23.8. The number of benzene rings is 2. The summed E-state index contributed by atoms with van der Waals surface area (Å²) in [7, 11) is 3.57. The first-order valence-electron chi connectivity index (χ1n) is 10.4. The van der Waals surface area contributed by atoms with Gasteiger partial charge in [-0.15, -0.1) is 0 Å². The van der Waals surface area contributed by atoms with Crippen LogP contribution in [0.4, 0.5) is 17.3 Å². The molecule has 0 atom stereocenters. The Balaban J connectivity index is 1.56. The van der Waals surface area contributed by atoms with Gasteiger partial charge in [-0.25, -0.2) is 4.98 Å². The molecule has 4 rings (SSSR count). The Morgan fingerprint density at radius 1 is 1.18 bits per heavy atom. The number of carbonyl (C=O) groups excluding carboxylic acids is 1. The first-order valence-corrected chi connectivity index (χ1v) is 11.2. The molecular formula is C24H25Cl2N5O2. The summed E-state index contributed by atoms with van der Waals surface area (Å²) < 4.78 is 5.35. The van der Waals surface area contributed by atoms with Crippen LogP contribution in [0.2, 0.25) is 10.0 Å². The van der Waals surface area contributed by atoms with Crippen LogP contribution in [0, 0.1) is 0 Å². The number of ether oxygens (including phenoxy) is 1. The Hall–Kier alpha value is -2.87. The van der Waals surface area contributed by atoms with Crippen molar-refractivity contribution in [3.63, 3.8) is 0 Å². The van der Waals surface area contributed by atoms with Crippen LogP contribution in [-0.2, 0) is 12.0 Å². The maximum absolute atomic E-state index is 12.8. The summed E-state index contributed by atoms with van der Waals surface area (Å²) in [5.41, 5.74) is 4.03. The molecule has 3 aromatic rings. The summed E-state index contributed by atoms with van der Waals surface area (Å²) in [5.74, 6) is -0.0259. The average molecular weight is 486 g/mol. The number of likely N-dealkylation sites (N-methyl/N-ethyl adjacent to an activating group) is 1. The lowest BCUT2D eigenvalue weighted by Crippen LogP contribution is -2.39. The van der Waals surface area contributed by atoms with Crippen LogP contribution in [0.25, 0.3) is 0 Å². The van der Waals surface area contributed by atoms with Gasteiger partial charge in [-0.05, 0) is 42.4 Å². The van der Waals surface area contributed by atoms with Crippen molar-refractivity contribution in [2.45, 2.75) is 25.8 Å². The summed E-state index contributed by atoms with van der Waals surface area (Å²) in [6.07, 6.45) is 1.41. The zero-order valence-corrected chi connectivity index (χ0v) is 20.4. The van der Waals surface area contributed by atoms with Gasteiger partial charge in [-0.3, -0.25) is 4.79 Å². The third-order valence-corrected chi connectivity index (χ3v) is 6.22. The van der Waals surface area contributed by atoms with E-state index >= 15 is 0 Å². The Morgan fingerprint density at radius 3 is 2.61 bits per heavy atom. The predicted octanol–water partition coefficient (Wildman–Crippen LogP) is 5.51. The molecule has 7 nitrogen and oxygen atoms in total. The summed E-state index contributed by atoms with van der Waals surface area (Å²) in [6, 6.07) is 11.3. The van der Waals surface area contributed by atoms with Crippen LogP contribution in [0.1, 0.15) is 35.3 Å². The fraction of sp³-hybridized carbons (Fsp3) is 0.292. The Bertz CT molecular complexity index is 1200. The number of aromatic nitrogens is 2. The van der Waals surface area contributed by atoms with Gasteiger partial charge < -0.3 is 20.3 Å². The fourth-order valence-corrected chi connectivity index (χ4v) is 4.73. The van der Waals surface area contributed by atoms with Crippen LogP contribution in [0.3, 0.4) is 0 Å². The third-order valence-electron chi connectivity index (χ3n) is 5.59. The van der Waals surface area contributed by atoms with E-state index in [9.17, 15) is 4.79 Å². The second-order valence-electron chi connectivity index (χ2n) is 8.72. The Morgan fingerprint density at radius 2 is 1.91 bits per heavy atom. The highest BCUT2D eigenvalue weighted by atomic mass is 35.5. The number of nitrogens with one attached hydrogen (secondary N) is 2. The summed E-state index contributed by atoms with van der Waals surface area (Å²) in [5, 5.41) is 6.56. The van der Waals surface area contributed by atoms with Gasteiger partial charge in [0.15, 0.2) is 0 Å². The molecule has 2 aromatic carbocycles. The molecular weight excluding hydrogens is 461 g/mol. The lowest BCUT2D eigenvalue weighted by molar-refractivity contribution is 0.102. The number of nitrogens with zero attached hydrogens (tertiary/aromatic N) is 3. The van der Waals surface area contributed by atoms with Crippen molar-refractivity contribution in [3.05, 3.63) is 69.3 Å². The largest absolute Gasteiger partial charge is 0.480 e.